The molecule has 0 amide bonds. The van der Waals surface area contributed by atoms with Gasteiger partial charge in [-0.25, -0.2) is 4.39 Å². The van der Waals surface area contributed by atoms with E-state index in [0.717, 1.165) is 57.7 Å². The van der Waals surface area contributed by atoms with Crippen LogP contribution in [0.15, 0.2) is 25.1 Å². The number of rotatable bonds is 7. The minimum absolute atomic E-state index is 0.212. The van der Waals surface area contributed by atoms with Gasteiger partial charge < -0.3 is 26.1 Å². The molecule has 0 spiro atoms. The summed E-state index contributed by atoms with van der Waals surface area (Å²) in [7, 11) is 2.75. The van der Waals surface area contributed by atoms with Gasteiger partial charge in [-0.2, -0.15) is 5.26 Å². The number of allylic oxidation sites excluding steroid dienone is 1. The first kappa shape index (κ1) is 29.6. The van der Waals surface area contributed by atoms with Crippen LogP contribution in [-0.4, -0.2) is 23.7 Å². The first-order valence-corrected chi connectivity index (χ1v) is 14.2. The molecule has 9 heteroatoms. The third kappa shape index (κ3) is 5.03. The number of nitriles is 1. The highest BCUT2D eigenvalue weighted by atomic mass is 32.1. The van der Waals surface area contributed by atoms with Crippen molar-refractivity contribution in [1.82, 2.24) is 4.90 Å². The lowest BCUT2D eigenvalue weighted by atomic mass is 9.88. The monoisotopic (exact) mass is 553 g/mol. The molecular formula is C29H37FN5OPS. The Morgan fingerprint density at radius 2 is 1.95 bits per heavy atom. The smallest absolute Gasteiger partial charge is 0.136 e. The number of hydrogen-bond acceptors (Lipinski definition) is 7. The minimum Gasteiger partial charge on any atom is -0.389 e. The van der Waals surface area contributed by atoms with Crippen LogP contribution in [0.25, 0.3) is 11.4 Å². The van der Waals surface area contributed by atoms with Gasteiger partial charge in [-0.05, 0) is 48.4 Å². The second-order valence-electron chi connectivity index (χ2n) is 9.22. The molecule has 2 aromatic rings. The predicted molar refractivity (Wildman–Crippen MR) is 163 cm³/mol. The van der Waals surface area contributed by atoms with E-state index in [4.69, 9.17) is 15.9 Å². The largest absolute Gasteiger partial charge is 0.389 e. The Morgan fingerprint density at radius 1 is 1.29 bits per heavy atom. The first-order valence-electron chi connectivity index (χ1n) is 12.8. The average Bonchev–Trinajstić information content (AvgIpc) is 3.62. The summed E-state index contributed by atoms with van der Waals surface area (Å²) in [5.74, 6) is 0.855. The summed E-state index contributed by atoms with van der Waals surface area (Å²) in [6.07, 6.45) is 3.77. The molecule has 0 bridgehead atoms. The maximum atomic E-state index is 14.9. The molecule has 202 valence electrons. The molecule has 0 radical (unpaired) electrons. The van der Waals surface area contributed by atoms with Crippen LogP contribution in [0.5, 0.6) is 0 Å². The molecule has 0 aliphatic carbocycles. The number of likely N-dealkylation sites (tertiary alicyclic amines) is 1. The van der Waals surface area contributed by atoms with Crippen LogP contribution in [0.2, 0.25) is 0 Å². The number of thiophene rings is 1. The number of nitrogens with one attached hydrogen (secondary N) is 2. The second-order valence-corrected chi connectivity index (χ2v) is 10.8. The number of hydrogen-bond donors (Lipinski definition) is 3. The highest BCUT2D eigenvalue weighted by Gasteiger charge is 2.32. The van der Waals surface area contributed by atoms with Gasteiger partial charge in [0.05, 0.1) is 35.2 Å². The van der Waals surface area contributed by atoms with Crippen molar-refractivity contribution in [1.29, 1.82) is 10.7 Å². The van der Waals surface area contributed by atoms with Gasteiger partial charge in [0.15, 0.2) is 0 Å². The lowest BCUT2D eigenvalue weighted by Crippen LogP contribution is -2.32. The Balaban J connectivity index is 0.00000195. The quantitative estimate of drug-likeness (QED) is 0.260. The van der Waals surface area contributed by atoms with Gasteiger partial charge in [-0.3, -0.25) is 0 Å². The maximum Gasteiger partial charge on any atom is 0.136 e. The lowest BCUT2D eigenvalue weighted by Gasteiger charge is -2.30. The Kier molecular flexibility index (Phi) is 9.54. The van der Waals surface area contributed by atoms with Gasteiger partial charge in [0.25, 0.3) is 0 Å². The number of nitrogen functional groups attached to an aromatic ring is 1. The zero-order chi connectivity index (χ0) is 28.3. The van der Waals surface area contributed by atoms with E-state index in [9.17, 15) is 9.65 Å². The maximum absolute atomic E-state index is 14.9. The van der Waals surface area contributed by atoms with Crippen LogP contribution in [0.3, 0.4) is 0 Å². The molecule has 2 aliphatic rings. The van der Waals surface area contributed by atoms with Crippen molar-refractivity contribution in [2.75, 3.05) is 17.6 Å². The number of nitrogens with zero attached hydrogens (tertiary/aromatic N) is 2. The van der Waals surface area contributed by atoms with E-state index in [-0.39, 0.29) is 15.4 Å². The highest BCUT2D eigenvalue weighted by molar-refractivity contribution is 7.28. The molecule has 3 unspecified atom stereocenters. The molecule has 2 aliphatic heterocycles. The summed E-state index contributed by atoms with van der Waals surface area (Å²) >= 11 is 1.04. The summed E-state index contributed by atoms with van der Waals surface area (Å²) in [5.41, 5.74) is 11.1. The van der Waals surface area contributed by atoms with Crippen LogP contribution in [0.4, 0.5) is 15.1 Å². The summed E-state index contributed by atoms with van der Waals surface area (Å²) in [5, 5.41) is 22.5. The molecule has 4 N–H and O–H groups in total. The number of ether oxygens (including phenoxy) is 1. The van der Waals surface area contributed by atoms with Crippen LogP contribution in [0, 0.1) is 22.7 Å². The van der Waals surface area contributed by atoms with Crippen molar-refractivity contribution in [2.24, 2.45) is 5.92 Å². The summed E-state index contributed by atoms with van der Waals surface area (Å²) < 4.78 is 20.7. The molecule has 1 saturated heterocycles. The van der Waals surface area contributed by atoms with E-state index >= 15 is 0 Å². The molecular weight excluding hydrogens is 516 g/mol. The van der Waals surface area contributed by atoms with Gasteiger partial charge in [0.1, 0.15) is 16.9 Å². The van der Waals surface area contributed by atoms with Gasteiger partial charge in [0.2, 0.25) is 0 Å². The molecule has 38 heavy (non-hydrogen) atoms. The third-order valence-corrected chi connectivity index (χ3v) is 8.92. The van der Waals surface area contributed by atoms with Gasteiger partial charge in [-0.15, -0.1) is 20.6 Å². The lowest BCUT2D eigenvalue weighted by molar-refractivity contribution is 0.134. The second kappa shape index (κ2) is 12.3. The zero-order valence-electron chi connectivity index (χ0n) is 22.8. The fourth-order valence-corrected chi connectivity index (χ4v) is 6.67. The van der Waals surface area contributed by atoms with Crippen molar-refractivity contribution < 1.29 is 9.13 Å². The van der Waals surface area contributed by atoms with Crippen molar-refractivity contribution in [3.05, 3.63) is 63.3 Å². The predicted octanol–water partition coefficient (Wildman–Crippen LogP) is 6.76. The molecule has 6 nitrogen and oxygen atoms in total. The Hall–Kier alpha value is -2.98. The Bertz CT molecular complexity index is 1360. The van der Waals surface area contributed by atoms with Crippen molar-refractivity contribution in [3.63, 3.8) is 0 Å². The molecule has 3 atom stereocenters. The Labute approximate surface area is 231 Å². The highest BCUT2D eigenvalue weighted by Crippen LogP contribution is 2.44. The number of benzene rings is 1. The average molecular weight is 554 g/mol. The topological polar surface area (TPSA) is 98.2 Å². The summed E-state index contributed by atoms with van der Waals surface area (Å²) in [4.78, 5) is 2.52. The normalized spacial score (nSPS) is 18.4. The van der Waals surface area contributed by atoms with Crippen molar-refractivity contribution in [2.45, 2.75) is 60.3 Å². The van der Waals surface area contributed by atoms with Gasteiger partial charge in [0, 0.05) is 35.2 Å². The van der Waals surface area contributed by atoms with E-state index in [1.54, 1.807) is 6.92 Å². The molecule has 1 aromatic carbocycles. The number of nitrogens with two attached hydrogens (primary N) is 1. The zero-order valence-corrected chi connectivity index (χ0v) is 24.8. The fourth-order valence-electron chi connectivity index (χ4n) is 5.08. The van der Waals surface area contributed by atoms with E-state index in [2.05, 4.69) is 52.5 Å². The van der Waals surface area contributed by atoms with Gasteiger partial charge in [-0.1, -0.05) is 40.0 Å². The standard InChI is InChI=1S/C27H31FN5OPS.C2H6/c1-6-21(28)26-23(18(10-30)27(31)36-26)14(3)22-20-12-34-11-19(20)17(9-29)24(25(22)35)32-16(5)33-8-7-13(2)15(33)4;1-2/h6,9,13,15,29,32H,3,5,7-8,11-12,31,35H2,1-2,4H3;1-2H3/b21-6+,29-9?;. The minimum atomic E-state index is -0.456. The van der Waals surface area contributed by atoms with Crippen LogP contribution in [0.1, 0.15) is 79.3 Å². The first-order chi connectivity index (χ1) is 18.2. The molecule has 0 saturated carbocycles. The molecule has 3 heterocycles. The van der Waals surface area contributed by atoms with E-state index < -0.39 is 5.83 Å². The molecule has 4 rings (SSSR count). The number of anilines is 2. The van der Waals surface area contributed by atoms with Crippen LogP contribution < -0.4 is 16.4 Å². The van der Waals surface area contributed by atoms with Crippen molar-refractivity contribution >= 4 is 54.2 Å². The summed E-state index contributed by atoms with van der Waals surface area (Å²) in [6, 6.07) is 2.48. The molecule has 1 aromatic heterocycles. The Morgan fingerprint density at radius 3 is 2.50 bits per heavy atom. The third-order valence-electron chi connectivity index (χ3n) is 7.31. The van der Waals surface area contributed by atoms with Crippen LogP contribution in [-0.2, 0) is 18.0 Å². The van der Waals surface area contributed by atoms with E-state index in [0.29, 0.717) is 42.0 Å². The number of halogens is 1. The van der Waals surface area contributed by atoms with Crippen molar-refractivity contribution in [3.8, 4) is 6.07 Å². The summed E-state index contributed by atoms with van der Waals surface area (Å²) in [6.45, 7) is 20.2. The fraction of sp³-hybridized carbons (Fsp3) is 0.379. The van der Waals surface area contributed by atoms with Gasteiger partial charge >= 0.3 is 0 Å². The van der Waals surface area contributed by atoms with E-state index in [1.807, 2.05) is 13.8 Å². The number of fused-ring (bicyclic) bond motifs is 1. The van der Waals surface area contributed by atoms with E-state index in [1.165, 1.54) is 12.3 Å². The molecule has 1 fully saturated rings. The van der Waals surface area contributed by atoms with Crippen LogP contribution >= 0.6 is 20.6 Å². The SMILES string of the molecule is C=C(c1c(/C(F)=C\C)sc(N)c1C#N)c1c(P)c(NC(=C)N2CCC(C)C2C)c(C=N)c2c1COC2.CC.